The van der Waals surface area contributed by atoms with E-state index in [4.69, 9.17) is 9.26 Å². The van der Waals surface area contributed by atoms with Crippen LogP contribution in [0.5, 0.6) is 0 Å². The Hall–Kier alpha value is -2.44. The number of nitrogens with zero attached hydrogens (tertiary/aromatic N) is 2. The fraction of sp³-hybridized carbons (Fsp3) is 0.400. The molecule has 7 heteroatoms. The Kier molecular flexibility index (Phi) is 4.44. The maximum Gasteiger partial charge on any atom is 0.408 e. The fourth-order valence-corrected chi connectivity index (χ4v) is 1.67. The molecular weight excluding hydrogens is 289 g/mol. The van der Waals surface area contributed by atoms with Gasteiger partial charge in [0.2, 0.25) is 11.7 Å². The van der Waals surface area contributed by atoms with Crippen LogP contribution in [-0.2, 0) is 4.74 Å². The van der Waals surface area contributed by atoms with Crippen LogP contribution in [0.4, 0.5) is 9.18 Å². The van der Waals surface area contributed by atoms with Crippen LogP contribution < -0.4 is 5.32 Å². The van der Waals surface area contributed by atoms with E-state index in [1.807, 2.05) is 0 Å². The molecule has 0 saturated carbocycles. The third-order valence-electron chi connectivity index (χ3n) is 2.65. The number of amides is 1. The van der Waals surface area contributed by atoms with Gasteiger partial charge < -0.3 is 14.6 Å². The summed E-state index contributed by atoms with van der Waals surface area (Å²) in [7, 11) is 0. The van der Waals surface area contributed by atoms with Crippen LogP contribution in [0, 0.1) is 5.82 Å². The first-order valence-electron chi connectivity index (χ1n) is 6.83. The summed E-state index contributed by atoms with van der Waals surface area (Å²) in [5, 5.41) is 6.43. The first-order chi connectivity index (χ1) is 10.2. The number of halogens is 1. The van der Waals surface area contributed by atoms with Crippen molar-refractivity contribution in [1.29, 1.82) is 0 Å². The molecule has 0 fully saturated rings. The Labute approximate surface area is 127 Å². The van der Waals surface area contributed by atoms with Gasteiger partial charge in [0.25, 0.3) is 0 Å². The van der Waals surface area contributed by atoms with Gasteiger partial charge in [-0.25, -0.2) is 9.18 Å². The normalized spacial score (nSPS) is 12.8. The number of hydrogen-bond donors (Lipinski definition) is 1. The van der Waals surface area contributed by atoms with E-state index in [0.717, 1.165) is 0 Å². The summed E-state index contributed by atoms with van der Waals surface area (Å²) in [6.45, 7) is 7.02. The molecule has 0 bridgehead atoms. The second-order valence-electron chi connectivity index (χ2n) is 5.83. The highest BCUT2D eigenvalue weighted by molar-refractivity contribution is 5.68. The second kappa shape index (κ2) is 6.13. The van der Waals surface area contributed by atoms with E-state index < -0.39 is 17.7 Å². The summed E-state index contributed by atoms with van der Waals surface area (Å²) in [6, 6.07) is 5.23. The number of benzene rings is 1. The number of aromatic nitrogens is 2. The highest BCUT2D eigenvalue weighted by Crippen LogP contribution is 2.19. The molecule has 1 amide bonds. The smallest absolute Gasteiger partial charge is 0.408 e. The minimum atomic E-state index is -0.585. The average molecular weight is 307 g/mol. The number of ether oxygens (including phenoxy) is 1. The number of nitrogens with one attached hydrogen (secondary N) is 1. The zero-order chi connectivity index (χ0) is 16.3. The Morgan fingerprint density at radius 1 is 1.32 bits per heavy atom. The van der Waals surface area contributed by atoms with Crippen LogP contribution in [0.1, 0.15) is 39.6 Å². The molecule has 0 aliphatic heterocycles. The summed E-state index contributed by atoms with van der Waals surface area (Å²) >= 11 is 0. The SMILES string of the molecule is C[C@H](NC(=O)OC(C)(C)C)c1nc(-c2ccc(F)cc2)no1. The molecule has 1 heterocycles. The molecule has 0 aliphatic carbocycles. The van der Waals surface area contributed by atoms with E-state index >= 15 is 0 Å². The van der Waals surface area contributed by atoms with Crippen molar-refractivity contribution in [2.75, 3.05) is 0 Å². The van der Waals surface area contributed by atoms with Crippen molar-refractivity contribution in [3.63, 3.8) is 0 Å². The summed E-state index contributed by atoms with van der Waals surface area (Å²) in [5.41, 5.74) is 0.0404. The third-order valence-corrected chi connectivity index (χ3v) is 2.65. The van der Waals surface area contributed by atoms with Crippen molar-refractivity contribution in [3.05, 3.63) is 36.0 Å². The molecule has 0 unspecified atom stereocenters. The number of carbonyl (C=O) groups excluding carboxylic acids is 1. The molecule has 1 aromatic carbocycles. The molecule has 0 radical (unpaired) electrons. The van der Waals surface area contributed by atoms with Crippen LogP contribution in [0.15, 0.2) is 28.8 Å². The Morgan fingerprint density at radius 3 is 2.55 bits per heavy atom. The van der Waals surface area contributed by atoms with Crippen molar-refractivity contribution in [2.24, 2.45) is 0 Å². The maximum absolute atomic E-state index is 12.9. The number of alkyl carbamates (subject to hydrolysis) is 1. The summed E-state index contributed by atoms with van der Waals surface area (Å²) in [6.07, 6.45) is -0.568. The molecule has 0 spiro atoms. The molecule has 1 aromatic heterocycles. The van der Waals surface area contributed by atoms with E-state index in [2.05, 4.69) is 15.5 Å². The zero-order valence-electron chi connectivity index (χ0n) is 12.9. The number of hydrogen-bond acceptors (Lipinski definition) is 5. The maximum atomic E-state index is 12.9. The van der Waals surface area contributed by atoms with Gasteiger partial charge in [-0.2, -0.15) is 4.98 Å². The number of carbonyl (C=O) groups is 1. The van der Waals surface area contributed by atoms with Gasteiger partial charge in [0.05, 0.1) is 0 Å². The standard InChI is InChI=1S/C15H18FN3O3/c1-9(17-14(20)21-15(2,3)4)13-18-12(19-22-13)10-5-7-11(16)8-6-10/h5-9H,1-4H3,(H,17,20)/t9-/m0/s1. The Morgan fingerprint density at radius 2 is 1.95 bits per heavy atom. The molecule has 22 heavy (non-hydrogen) atoms. The van der Waals surface area contributed by atoms with E-state index in [9.17, 15) is 9.18 Å². The van der Waals surface area contributed by atoms with Gasteiger partial charge in [-0.05, 0) is 52.0 Å². The monoisotopic (exact) mass is 307 g/mol. The summed E-state index contributed by atoms with van der Waals surface area (Å²) < 4.78 is 23.2. The number of rotatable bonds is 3. The lowest BCUT2D eigenvalue weighted by Gasteiger charge is -2.20. The Bertz CT molecular complexity index is 647. The predicted octanol–water partition coefficient (Wildman–Crippen LogP) is 3.46. The topological polar surface area (TPSA) is 77.2 Å². The lowest BCUT2D eigenvalue weighted by atomic mass is 10.2. The highest BCUT2D eigenvalue weighted by Gasteiger charge is 2.21. The van der Waals surface area contributed by atoms with E-state index in [0.29, 0.717) is 11.4 Å². The van der Waals surface area contributed by atoms with Crippen molar-refractivity contribution < 1.29 is 18.4 Å². The largest absolute Gasteiger partial charge is 0.444 e. The second-order valence-corrected chi connectivity index (χ2v) is 5.83. The van der Waals surface area contributed by atoms with Crippen molar-refractivity contribution in [2.45, 2.75) is 39.3 Å². The van der Waals surface area contributed by atoms with Gasteiger partial charge in [-0.15, -0.1) is 0 Å². The van der Waals surface area contributed by atoms with Gasteiger partial charge in [0.1, 0.15) is 17.5 Å². The molecule has 2 aromatic rings. The van der Waals surface area contributed by atoms with Crippen LogP contribution in [0.3, 0.4) is 0 Å². The molecular formula is C15H18FN3O3. The van der Waals surface area contributed by atoms with E-state index in [1.165, 1.54) is 12.1 Å². The predicted molar refractivity (Wildman–Crippen MR) is 77.5 cm³/mol. The van der Waals surface area contributed by atoms with E-state index in [1.54, 1.807) is 39.8 Å². The fourth-order valence-electron chi connectivity index (χ4n) is 1.67. The van der Waals surface area contributed by atoms with Crippen molar-refractivity contribution in [1.82, 2.24) is 15.5 Å². The van der Waals surface area contributed by atoms with Crippen LogP contribution in [-0.4, -0.2) is 21.8 Å². The van der Waals surface area contributed by atoms with Crippen LogP contribution >= 0.6 is 0 Å². The van der Waals surface area contributed by atoms with E-state index in [-0.39, 0.29) is 11.7 Å². The molecule has 118 valence electrons. The molecule has 6 nitrogen and oxygen atoms in total. The Balaban J connectivity index is 2.04. The first-order valence-corrected chi connectivity index (χ1v) is 6.83. The molecule has 2 rings (SSSR count). The summed E-state index contributed by atoms with van der Waals surface area (Å²) in [4.78, 5) is 15.9. The molecule has 0 aliphatic rings. The minimum Gasteiger partial charge on any atom is -0.444 e. The van der Waals surface area contributed by atoms with Gasteiger partial charge in [0, 0.05) is 5.56 Å². The lowest BCUT2D eigenvalue weighted by Crippen LogP contribution is -2.34. The van der Waals surface area contributed by atoms with Gasteiger partial charge in [-0.1, -0.05) is 5.16 Å². The average Bonchev–Trinajstić information content (AvgIpc) is 2.86. The lowest BCUT2D eigenvalue weighted by molar-refractivity contribution is 0.0499. The first kappa shape index (κ1) is 15.9. The van der Waals surface area contributed by atoms with Gasteiger partial charge in [0.15, 0.2) is 0 Å². The van der Waals surface area contributed by atoms with Crippen molar-refractivity contribution in [3.8, 4) is 11.4 Å². The van der Waals surface area contributed by atoms with Gasteiger partial charge in [-0.3, -0.25) is 0 Å². The summed E-state index contributed by atoms with van der Waals surface area (Å²) in [5.74, 6) is 0.227. The highest BCUT2D eigenvalue weighted by atomic mass is 19.1. The minimum absolute atomic E-state index is 0.241. The van der Waals surface area contributed by atoms with Crippen molar-refractivity contribution >= 4 is 6.09 Å². The molecule has 1 N–H and O–H groups in total. The van der Waals surface area contributed by atoms with Crippen LogP contribution in [0.2, 0.25) is 0 Å². The van der Waals surface area contributed by atoms with Crippen LogP contribution in [0.25, 0.3) is 11.4 Å². The third kappa shape index (κ3) is 4.28. The molecule has 1 atom stereocenters. The zero-order valence-corrected chi connectivity index (χ0v) is 12.9. The molecule has 0 saturated heterocycles. The van der Waals surface area contributed by atoms with Gasteiger partial charge >= 0.3 is 6.09 Å². The quantitative estimate of drug-likeness (QED) is 0.939.